The molecule has 3 rings (SSSR count). The van der Waals surface area contributed by atoms with Crippen LogP contribution in [0.1, 0.15) is 40.2 Å². The molecule has 6 nitrogen and oxygen atoms in total. The van der Waals surface area contributed by atoms with Crippen molar-refractivity contribution in [1.82, 2.24) is 10.6 Å². The summed E-state index contributed by atoms with van der Waals surface area (Å²) < 4.78 is 10.4. The molecule has 0 spiro atoms. The lowest BCUT2D eigenvalue weighted by atomic mass is 10.1. The first-order valence-electron chi connectivity index (χ1n) is 9.54. The highest BCUT2D eigenvalue weighted by Crippen LogP contribution is 2.15. The lowest BCUT2D eigenvalue weighted by molar-refractivity contribution is -0.118. The van der Waals surface area contributed by atoms with Crippen LogP contribution in [-0.2, 0) is 4.79 Å². The van der Waals surface area contributed by atoms with Gasteiger partial charge in [-0.2, -0.15) is 0 Å². The Kier molecular flexibility index (Phi) is 6.70. The highest BCUT2D eigenvalue weighted by molar-refractivity contribution is 6.05. The van der Waals surface area contributed by atoms with Crippen LogP contribution in [0.15, 0.2) is 77.0 Å². The summed E-state index contributed by atoms with van der Waals surface area (Å²) in [5.74, 6) is 0.274. The Morgan fingerprint density at radius 2 is 1.73 bits per heavy atom. The van der Waals surface area contributed by atoms with E-state index in [4.69, 9.17) is 9.15 Å². The maximum absolute atomic E-state index is 12.9. The number of benzene rings is 2. The second-order valence-corrected chi connectivity index (χ2v) is 6.86. The average molecular weight is 404 g/mol. The number of nitrogens with one attached hydrogen (secondary N) is 2. The van der Waals surface area contributed by atoms with E-state index in [2.05, 4.69) is 10.6 Å². The number of furan rings is 1. The normalized spacial score (nSPS) is 12.2. The number of amides is 2. The summed E-state index contributed by atoms with van der Waals surface area (Å²) in [6.45, 7) is 3.89. The summed E-state index contributed by atoms with van der Waals surface area (Å²) in [6, 6.07) is 17.7. The zero-order valence-electron chi connectivity index (χ0n) is 17.1. The van der Waals surface area contributed by atoms with Crippen LogP contribution >= 0.6 is 0 Å². The minimum absolute atomic E-state index is 0.0877. The fourth-order valence-corrected chi connectivity index (χ4v) is 2.82. The predicted molar refractivity (Wildman–Crippen MR) is 115 cm³/mol. The molecule has 6 heteroatoms. The van der Waals surface area contributed by atoms with Gasteiger partial charge in [0.1, 0.15) is 17.2 Å². The van der Waals surface area contributed by atoms with E-state index in [1.165, 1.54) is 12.3 Å². The van der Waals surface area contributed by atoms with Gasteiger partial charge in [0, 0.05) is 11.6 Å². The van der Waals surface area contributed by atoms with Crippen LogP contribution in [0.25, 0.3) is 6.08 Å². The summed E-state index contributed by atoms with van der Waals surface area (Å²) in [4.78, 5) is 25.6. The number of aryl methyl sites for hydroxylation is 1. The minimum Gasteiger partial charge on any atom is -0.497 e. The molecule has 154 valence electrons. The Labute approximate surface area is 175 Å². The quantitative estimate of drug-likeness (QED) is 0.577. The van der Waals surface area contributed by atoms with E-state index in [9.17, 15) is 9.59 Å². The second kappa shape index (κ2) is 9.60. The Morgan fingerprint density at radius 1 is 1.03 bits per heavy atom. The average Bonchev–Trinajstić information content (AvgIpc) is 3.26. The molecule has 1 aromatic heterocycles. The van der Waals surface area contributed by atoms with Crippen molar-refractivity contribution in [3.63, 3.8) is 0 Å². The van der Waals surface area contributed by atoms with Crippen molar-refractivity contribution in [1.29, 1.82) is 0 Å². The molecule has 1 heterocycles. The van der Waals surface area contributed by atoms with Gasteiger partial charge in [-0.25, -0.2) is 0 Å². The first kappa shape index (κ1) is 20.9. The zero-order valence-corrected chi connectivity index (χ0v) is 17.1. The van der Waals surface area contributed by atoms with Crippen LogP contribution in [0.5, 0.6) is 5.75 Å². The van der Waals surface area contributed by atoms with Gasteiger partial charge in [-0.1, -0.05) is 29.8 Å². The van der Waals surface area contributed by atoms with E-state index >= 15 is 0 Å². The van der Waals surface area contributed by atoms with Crippen molar-refractivity contribution in [2.24, 2.45) is 0 Å². The first-order valence-corrected chi connectivity index (χ1v) is 9.54. The van der Waals surface area contributed by atoms with Crippen LogP contribution in [0.4, 0.5) is 0 Å². The Hall–Kier alpha value is -3.80. The molecular formula is C24H24N2O4. The summed E-state index contributed by atoms with van der Waals surface area (Å²) in [6.07, 6.45) is 3.00. The lowest BCUT2D eigenvalue weighted by Crippen LogP contribution is -2.36. The van der Waals surface area contributed by atoms with Gasteiger partial charge in [0.2, 0.25) is 0 Å². The van der Waals surface area contributed by atoms with E-state index in [1.54, 1.807) is 43.5 Å². The Balaban J connectivity index is 1.78. The number of hydrogen-bond donors (Lipinski definition) is 2. The number of rotatable bonds is 7. The van der Waals surface area contributed by atoms with Crippen molar-refractivity contribution >= 4 is 17.9 Å². The summed E-state index contributed by atoms with van der Waals surface area (Å²) in [5.41, 5.74) is 2.60. The molecule has 3 aromatic rings. The third kappa shape index (κ3) is 5.38. The molecular weight excluding hydrogens is 380 g/mol. The van der Waals surface area contributed by atoms with E-state index < -0.39 is 11.8 Å². The molecule has 0 saturated carbocycles. The molecule has 2 aromatic carbocycles. The van der Waals surface area contributed by atoms with E-state index in [1.807, 2.05) is 38.1 Å². The molecule has 0 unspecified atom stereocenters. The number of ether oxygens (including phenoxy) is 1. The van der Waals surface area contributed by atoms with Crippen LogP contribution in [-0.4, -0.2) is 18.9 Å². The zero-order chi connectivity index (χ0) is 21.5. The fourth-order valence-electron chi connectivity index (χ4n) is 2.82. The molecule has 0 aliphatic carbocycles. The summed E-state index contributed by atoms with van der Waals surface area (Å²) in [7, 11) is 1.55. The van der Waals surface area contributed by atoms with Crippen molar-refractivity contribution in [2.75, 3.05) is 7.11 Å². The molecule has 0 radical (unpaired) electrons. The molecule has 1 atom stereocenters. The summed E-state index contributed by atoms with van der Waals surface area (Å²) in [5, 5.41) is 5.60. The maximum atomic E-state index is 12.9. The van der Waals surface area contributed by atoms with Gasteiger partial charge >= 0.3 is 0 Å². The first-order chi connectivity index (χ1) is 14.5. The highest BCUT2D eigenvalue weighted by atomic mass is 16.5. The van der Waals surface area contributed by atoms with Crippen molar-refractivity contribution in [2.45, 2.75) is 19.9 Å². The number of methoxy groups -OCH3 is 1. The van der Waals surface area contributed by atoms with E-state index in [-0.39, 0.29) is 11.7 Å². The van der Waals surface area contributed by atoms with E-state index in [0.29, 0.717) is 17.1 Å². The second-order valence-electron chi connectivity index (χ2n) is 6.86. The molecule has 0 aliphatic heterocycles. The fraction of sp³-hybridized carbons (Fsp3) is 0.167. The smallest absolute Gasteiger partial charge is 0.268 e. The molecule has 2 amide bonds. The summed E-state index contributed by atoms with van der Waals surface area (Å²) >= 11 is 0. The number of carbonyl (C=O) groups excluding carboxylic acids is 2. The van der Waals surface area contributed by atoms with Gasteiger partial charge in [0.25, 0.3) is 11.8 Å². The highest BCUT2D eigenvalue weighted by Gasteiger charge is 2.18. The van der Waals surface area contributed by atoms with Gasteiger partial charge in [-0.15, -0.1) is 0 Å². The monoisotopic (exact) mass is 404 g/mol. The predicted octanol–water partition coefficient (Wildman–Crippen LogP) is 4.24. The van der Waals surface area contributed by atoms with Gasteiger partial charge in [-0.05, 0) is 55.8 Å². The van der Waals surface area contributed by atoms with Crippen LogP contribution in [0, 0.1) is 6.92 Å². The Morgan fingerprint density at radius 3 is 2.33 bits per heavy atom. The van der Waals surface area contributed by atoms with Crippen molar-refractivity contribution < 1.29 is 18.7 Å². The maximum Gasteiger partial charge on any atom is 0.268 e. The molecule has 0 aliphatic rings. The van der Waals surface area contributed by atoms with Gasteiger partial charge in [0.15, 0.2) is 0 Å². The van der Waals surface area contributed by atoms with Crippen molar-refractivity contribution in [3.8, 4) is 5.75 Å². The third-order valence-electron chi connectivity index (χ3n) is 4.60. The van der Waals surface area contributed by atoms with Gasteiger partial charge in [-0.3, -0.25) is 9.59 Å². The standard InChI is InChI=1S/C24H24N2O4/c1-16-6-8-18(9-7-16)17(2)25-24(28)22(15-21-5-4-14-30-21)26-23(27)19-10-12-20(29-3)13-11-19/h4-15,17H,1-3H3,(H,25,28)(H,26,27)/b22-15-/t17-/m0/s1. The SMILES string of the molecule is COc1ccc(C(=O)N/C(=C\c2ccco2)C(=O)N[C@@H](C)c2ccc(C)cc2)cc1. The molecule has 0 fully saturated rings. The largest absolute Gasteiger partial charge is 0.497 e. The minimum atomic E-state index is -0.415. The van der Waals surface area contributed by atoms with Gasteiger partial charge in [0.05, 0.1) is 19.4 Å². The number of hydrogen-bond acceptors (Lipinski definition) is 4. The number of carbonyl (C=O) groups is 2. The van der Waals surface area contributed by atoms with E-state index in [0.717, 1.165) is 11.1 Å². The molecule has 2 N–H and O–H groups in total. The van der Waals surface area contributed by atoms with Crippen LogP contribution < -0.4 is 15.4 Å². The lowest BCUT2D eigenvalue weighted by Gasteiger charge is -2.17. The molecule has 30 heavy (non-hydrogen) atoms. The molecule has 0 saturated heterocycles. The van der Waals surface area contributed by atoms with Crippen LogP contribution in [0.2, 0.25) is 0 Å². The third-order valence-corrected chi connectivity index (χ3v) is 4.60. The molecule has 0 bridgehead atoms. The van der Waals surface area contributed by atoms with Crippen LogP contribution in [0.3, 0.4) is 0 Å². The van der Waals surface area contributed by atoms with Crippen molar-refractivity contribution in [3.05, 3.63) is 95.1 Å². The topological polar surface area (TPSA) is 80.6 Å². The Bertz CT molecular complexity index is 1020. The van der Waals surface area contributed by atoms with Gasteiger partial charge < -0.3 is 19.8 Å².